The Morgan fingerprint density at radius 3 is 2.39 bits per heavy atom. The molecule has 0 radical (unpaired) electrons. The number of amides is 2. The van der Waals surface area contributed by atoms with Crippen LogP contribution < -0.4 is 16.0 Å². The van der Waals surface area contributed by atoms with Crippen molar-refractivity contribution in [2.24, 2.45) is 5.73 Å². The first-order valence-corrected chi connectivity index (χ1v) is 12.6. The van der Waals surface area contributed by atoms with Gasteiger partial charge >= 0.3 is 6.16 Å². The first-order valence-electron chi connectivity index (χ1n) is 12.2. The molecular weight excluding hydrogens is 506 g/mol. The number of aryl methyl sites for hydroxylation is 2. The van der Waals surface area contributed by atoms with Crippen LogP contribution in [-0.4, -0.2) is 38.7 Å². The zero-order chi connectivity index (χ0) is 27.8. The second-order valence-electron chi connectivity index (χ2n) is 8.66. The van der Waals surface area contributed by atoms with Crippen LogP contribution in [-0.2, 0) is 9.47 Å². The zero-order valence-corrected chi connectivity index (χ0v) is 22.7. The van der Waals surface area contributed by atoms with E-state index >= 15 is 0 Å². The molecule has 1 atom stereocenters. The summed E-state index contributed by atoms with van der Waals surface area (Å²) in [7, 11) is 2.75. The standard InChI is InChI=1S/C28H27ClN2O5.CH5N/c1-17-7-4-5-8-21(17)26(32)30-20-11-12-22(18(2)15-20)27(33)31-14-6-9-25(36-28(34)35-3)23-16-19(29)10-13-24(23)31;1-2/h4-5,7-8,10-13,15-16,25H,6,9,14H2,1-3H3,(H,30,32);2H2,1H3. The lowest BCUT2D eigenvalue weighted by Crippen LogP contribution is -2.32. The number of rotatable bonds is 4. The van der Waals surface area contributed by atoms with E-state index in [1.165, 1.54) is 14.2 Å². The molecule has 0 aliphatic carbocycles. The highest BCUT2D eigenvalue weighted by atomic mass is 35.5. The van der Waals surface area contributed by atoms with Crippen LogP contribution in [0.25, 0.3) is 0 Å². The molecule has 0 saturated carbocycles. The van der Waals surface area contributed by atoms with Crippen molar-refractivity contribution in [1.29, 1.82) is 0 Å². The molecule has 1 aliphatic rings. The molecule has 9 heteroatoms. The van der Waals surface area contributed by atoms with Crippen molar-refractivity contribution in [1.82, 2.24) is 0 Å². The van der Waals surface area contributed by atoms with Gasteiger partial charge in [-0.2, -0.15) is 0 Å². The Hall–Kier alpha value is -3.88. The molecular formula is C29H32ClN3O5. The highest BCUT2D eigenvalue weighted by Crippen LogP contribution is 2.38. The number of halogens is 1. The summed E-state index contributed by atoms with van der Waals surface area (Å²) < 4.78 is 10.1. The topological polar surface area (TPSA) is 111 Å². The molecule has 1 heterocycles. The first kappa shape index (κ1) is 28.7. The number of nitrogens with one attached hydrogen (secondary N) is 1. The number of ether oxygens (including phenoxy) is 2. The number of nitrogens with zero attached hydrogens (tertiary/aromatic N) is 1. The van der Waals surface area contributed by atoms with E-state index in [0.29, 0.717) is 52.5 Å². The normalized spacial score (nSPS) is 14.3. The van der Waals surface area contributed by atoms with Gasteiger partial charge in [-0.15, -0.1) is 0 Å². The third-order valence-corrected chi connectivity index (χ3v) is 6.47. The van der Waals surface area contributed by atoms with Gasteiger partial charge in [-0.25, -0.2) is 4.79 Å². The molecule has 4 rings (SSSR count). The molecule has 0 saturated heterocycles. The Morgan fingerprint density at radius 1 is 0.974 bits per heavy atom. The number of methoxy groups -OCH3 is 1. The van der Waals surface area contributed by atoms with Crippen LogP contribution in [0, 0.1) is 13.8 Å². The second kappa shape index (κ2) is 13.1. The molecule has 0 fully saturated rings. The fraction of sp³-hybridized carbons (Fsp3) is 0.276. The summed E-state index contributed by atoms with van der Waals surface area (Å²) in [6, 6.07) is 17.8. The van der Waals surface area contributed by atoms with Gasteiger partial charge in [0.05, 0.1) is 12.8 Å². The molecule has 0 spiro atoms. The number of carbonyl (C=O) groups is 3. The van der Waals surface area contributed by atoms with Crippen molar-refractivity contribution in [2.45, 2.75) is 32.8 Å². The molecule has 200 valence electrons. The van der Waals surface area contributed by atoms with E-state index in [2.05, 4.69) is 15.8 Å². The predicted octanol–water partition coefficient (Wildman–Crippen LogP) is 6.05. The SMILES string of the molecule is CN.COC(=O)OC1CCCN(C(=O)c2ccc(NC(=O)c3ccccc3C)cc2C)c2ccc(Cl)cc21. The maximum Gasteiger partial charge on any atom is 0.508 e. The quantitative estimate of drug-likeness (QED) is 0.392. The summed E-state index contributed by atoms with van der Waals surface area (Å²) in [5.41, 5.74) is 9.10. The van der Waals surface area contributed by atoms with Crippen LogP contribution in [0.5, 0.6) is 0 Å². The fourth-order valence-electron chi connectivity index (χ4n) is 4.39. The highest BCUT2D eigenvalue weighted by Gasteiger charge is 2.30. The molecule has 1 aliphatic heterocycles. The van der Waals surface area contributed by atoms with Crippen molar-refractivity contribution in [3.05, 3.63) is 93.5 Å². The Kier molecular flexibility index (Phi) is 9.87. The molecule has 2 amide bonds. The van der Waals surface area contributed by atoms with Crippen LogP contribution in [0.1, 0.15) is 56.4 Å². The van der Waals surface area contributed by atoms with Gasteiger partial charge in [0, 0.05) is 33.9 Å². The molecule has 8 nitrogen and oxygen atoms in total. The average Bonchev–Trinajstić information content (AvgIpc) is 3.08. The van der Waals surface area contributed by atoms with E-state index in [1.807, 2.05) is 32.0 Å². The Bertz CT molecular complexity index is 1330. The maximum atomic E-state index is 13.7. The monoisotopic (exact) mass is 537 g/mol. The number of fused-ring (bicyclic) bond motifs is 1. The highest BCUT2D eigenvalue weighted by molar-refractivity contribution is 6.30. The number of hydrogen-bond donors (Lipinski definition) is 2. The number of nitrogens with two attached hydrogens (primary N) is 1. The third-order valence-electron chi connectivity index (χ3n) is 6.23. The smallest absolute Gasteiger partial charge is 0.438 e. The van der Waals surface area contributed by atoms with Crippen molar-refractivity contribution in [2.75, 3.05) is 30.9 Å². The van der Waals surface area contributed by atoms with Crippen molar-refractivity contribution in [3.63, 3.8) is 0 Å². The van der Waals surface area contributed by atoms with Crippen LogP contribution in [0.2, 0.25) is 5.02 Å². The van der Waals surface area contributed by atoms with E-state index in [0.717, 1.165) is 11.1 Å². The van der Waals surface area contributed by atoms with Crippen molar-refractivity contribution < 1.29 is 23.9 Å². The summed E-state index contributed by atoms with van der Waals surface area (Å²) in [6.45, 7) is 4.16. The van der Waals surface area contributed by atoms with Gasteiger partial charge in [-0.3, -0.25) is 9.59 Å². The van der Waals surface area contributed by atoms with Gasteiger partial charge in [-0.05, 0) is 87.3 Å². The van der Waals surface area contributed by atoms with Gasteiger partial charge in [0.1, 0.15) is 6.10 Å². The van der Waals surface area contributed by atoms with Crippen LogP contribution in [0.3, 0.4) is 0 Å². The van der Waals surface area contributed by atoms with E-state index in [4.69, 9.17) is 16.3 Å². The molecule has 3 N–H and O–H groups in total. The minimum atomic E-state index is -0.787. The lowest BCUT2D eigenvalue weighted by atomic mass is 10.0. The number of hydrogen-bond acceptors (Lipinski definition) is 6. The van der Waals surface area contributed by atoms with Gasteiger partial charge in [0.15, 0.2) is 0 Å². The van der Waals surface area contributed by atoms with E-state index in [9.17, 15) is 14.4 Å². The van der Waals surface area contributed by atoms with Crippen LogP contribution in [0.4, 0.5) is 16.2 Å². The number of benzene rings is 3. The predicted molar refractivity (Wildman–Crippen MR) is 149 cm³/mol. The summed E-state index contributed by atoms with van der Waals surface area (Å²) >= 11 is 6.24. The zero-order valence-electron chi connectivity index (χ0n) is 21.9. The minimum Gasteiger partial charge on any atom is -0.438 e. The average molecular weight is 538 g/mol. The summed E-state index contributed by atoms with van der Waals surface area (Å²) in [5, 5.41) is 3.39. The van der Waals surface area contributed by atoms with Gasteiger partial charge < -0.3 is 25.4 Å². The van der Waals surface area contributed by atoms with Crippen molar-refractivity contribution in [3.8, 4) is 0 Å². The fourth-order valence-corrected chi connectivity index (χ4v) is 4.57. The Morgan fingerprint density at radius 2 is 1.71 bits per heavy atom. The summed E-state index contributed by atoms with van der Waals surface area (Å²) in [4.78, 5) is 39.9. The molecule has 1 unspecified atom stereocenters. The number of anilines is 2. The van der Waals surface area contributed by atoms with Crippen molar-refractivity contribution >= 4 is 40.9 Å². The molecule has 3 aromatic rings. The van der Waals surface area contributed by atoms with E-state index in [-0.39, 0.29) is 11.8 Å². The summed E-state index contributed by atoms with van der Waals surface area (Å²) in [5.74, 6) is -0.395. The van der Waals surface area contributed by atoms with E-state index < -0.39 is 12.3 Å². The van der Waals surface area contributed by atoms with Crippen LogP contribution in [0.15, 0.2) is 60.7 Å². The Labute approximate surface area is 227 Å². The minimum absolute atomic E-state index is 0.188. The molecule has 38 heavy (non-hydrogen) atoms. The molecule has 3 aromatic carbocycles. The number of carbonyl (C=O) groups excluding carboxylic acids is 3. The molecule has 0 bridgehead atoms. The Balaban J connectivity index is 0.00000195. The van der Waals surface area contributed by atoms with Crippen LogP contribution >= 0.6 is 11.6 Å². The summed E-state index contributed by atoms with van der Waals surface area (Å²) in [6.07, 6.45) is -0.229. The maximum absolute atomic E-state index is 13.7. The first-order chi connectivity index (χ1) is 18.3. The van der Waals surface area contributed by atoms with Gasteiger partial charge in [0.25, 0.3) is 11.8 Å². The molecule has 0 aromatic heterocycles. The lowest BCUT2D eigenvalue weighted by Gasteiger charge is -2.25. The third kappa shape index (κ3) is 6.51. The second-order valence-corrected chi connectivity index (χ2v) is 9.10. The largest absolute Gasteiger partial charge is 0.508 e. The van der Waals surface area contributed by atoms with Gasteiger partial charge in [-0.1, -0.05) is 29.8 Å². The van der Waals surface area contributed by atoms with E-state index in [1.54, 1.807) is 47.4 Å². The van der Waals surface area contributed by atoms with Gasteiger partial charge in [0.2, 0.25) is 0 Å². The lowest BCUT2D eigenvalue weighted by molar-refractivity contribution is 0.0335.